The van der Waals surface area contributed by atoms with Gasteiger partial charge in [0.1, 0.15) is 6.61 Å². The molecule has 0 aliphatic carbocycles. The van der Waals surface area contributed by atoms with Crippen molar-refractivity contribution < 1.29 is 23.8 Å². The Hall–Kier alpha value is -2.19. The van der Waals surface area contributed by atoms with Crippen molar-refractivity contribution in [2.45, 2.75) is 6.54 Å². The number of rotatable bonds is 8. The first kappa shape index (κ1) is 22.5. The molecule has 2 amide bonds. The van der Waals surface area contributed by atoms with Crippen molar-refractivity contribution >= 4 is 52.2 Å². The Morgan fingerprint density at radius 2 is 1.83 bits per heavy atom. The third kappa shape index (κ3) is 5.29. The molecule has 1 fully saturated rings. The Morgan fingerprint density at radius 3 is 2.53 bits per heavy atom. The number of halogens is 2. The van der Waals surface area contributed by atoms with Crippen LogP contribution in [0.25, 0.3) is 6.08 Å². The lowest BCUT2D eigenvalue weighted by molar-refractivity contribution is -0.123. The molecular weight excluding hydrogens is 449 g/mol. The first-order chi connectivity index (χ1) is 14.4. The van der Waals surface area contributed by atoms with E-state index < -0.39 is 0 Å². The largest absolute Gasteiger partial charge is 0.493 e. The fraction of sp³-hybridized carbons (Fsp3) is 0.238. The highest BCUT2D eigenvalue weighted by atomic mass is 35.5. The summed E-state index contributed by atoms with van der Waals surface area (Å²) in [5.41, 5.74) is 1.35. The Balaban J connectivity index is 1.77. The Kier molecular flexibility index (Phi) is 7.66. The highest BCUT2D eigenvalue weighted by Crippen LogP contribution is 2.36. The smallest absolute Gasteiger partial charge is 0.293 e. The van der Waals surface area contributed by atoms with Crippen LogP contribution in [0.3, 0.4) is 0 Å². The molecule has 0 aromatic heterocycles. The number of benzene rings is 2. The first-order valence-corrected chi connectivity index (χ1v) is 10.5. The van der Waals surface area contributed by atoms with E-state index in [9.17, 15) is 9.59 Å². The van der Waals surface area contributed by atoms with Crippen LogP contribution in [0.1, 0.15) is 11.1 Å². The molecule has 1 saturated heterocycles. The zero-order valence-corrected chi connectivity index (χ0v) is 18.6. The molecule has 0 unspecified atom stereocenters. The summed E-state index contributed by atoms with van der Waals surface area (Å²) in [5.74, 6) is 0.708. The van der Waals surface area contributed by atoms with E-state index in [-0.39, 0.29) is 17.7 Å². The van der Waals surface area contributed by atoms with E-state index in [1.54, 1.807) is 49.6 Å². The first-order valence-electron chi connectivity index (χ1n) is 8.92. The predicted octanol–water partition coefficient (Wildman–Crippen LogP) is 5.26. The van der Waals surface area contributed by atoms with Crippen LogP contribution < -0.4 is 9.47 Å². The number of imide groups is 1. The molecule has 0 atom stereocenters. The van der Waals surface area contributed by atoms with Gasteiger partial charge < -0.3 is 14.2 Å². The minimum Gasteiger partial charge on any atom is -0.493 e. The van der Waals surface area contributed by atoms with Crippen LogP contribution >= 0.6 is 35.0 Å². The van der Waals surface area contributed by atoms with E-state index in [1.807, 2.05) is 0 Å². The number of thioether (sulfide) groups is 1. The summed E-state index contributed by atoms with van der Waals surface area (Å²) in [5, 5.41) is 0.532. The molecule has 1 aliphatic heterocycles. The predicted molar refractivity (Wildman–Crippen MR) is 118 cm³/mol. The summed E-state index contributed by atoms with van der Waals surface area (Å²) >= 11 is 13.0. The van der Waals surface area contributed by atoms with Gasteiger partial charge in [-0.2, -0.15) is 0 Å². The average molecular weight is 468 g/mol. The summed E-state index contributed by atoms with van der Waals surface area (Å²) in [6.45, 7) is 0.918. The number of ether oxygens (including phenoxy) is 3. The topological polar surface area (TPSA) is 65.1 Å². The van der Waals surface area contributed by atoms with Gasteiger partial charge in [-0.05, 0) is 53.2 Å². The molecule has 158 valence electrons. The van der Waals surface area contributed by atoms with Crippen molar-refractivity contribution in [1.29, 1.82) is 0 Å². The van der Waals surface area contributed by atoms with Crippen LogP contribution in [0.4, 0.5) is 4.79 Å². The second-order valence-electron chi connectivity index (χ2n) is 6.26. The van der Waals surface area contributed by atoms with Crippen LogP contribution in [0.15, 0.2) is 41.3 Å². The minimum atomic E-state index is -0.379. The highest BCUT2D eigenvalue weighted by molar-refractivity contribution is 8.18. The van der Waals surface area contributed by atoms with Crippen LogP contribution in [0.2, 0.25) is 10.0 Å². The van der Waals surface area contributed by atoms with Crippen LogP contribution in [0, 0.1) is 0 Å². The summed E-state index contributed by atoms with van der Waals surface area (Å²) in [6.07, 6.45) is 1.65. The number of carbonyl (C=O) groups excluding carboxylic acids is 2. The van der Waals surface area contributed by atoms with Crippen LogP contribution in [-0.2, 0) is 16.1 Å². The average Bonchev–Trinajstić information content (AvgIpc) is 2.98. The van der Waals surface area contributed by atoms with Gasteiger partial charge in [0.2, 0.25) is 0 Å². The quantitative estimate of drug-likeness (QED) is 0.389. The molecule has 0 spiro atoms. The number of methoxy groups -OCH3 is 2. The van der Waals surface area contributed by atoms with Crippen molar-refractivity contribution in [3.63, 3.8) is 0 Å². The molecule has 30 heavy (non-hydrogen) atoms. The SMILES string of the molecule is COCCOc1ccc(/C=C2\SC(=O)N(Cc3ccc(Cl)cc3Cl)C2=O)cc1OC. The molecule has 2 aromatic rings. The van der Waals surface area contributed by atoms with Gasteiger partial charge in [0.05, 0.1) is 25.2 Å². The lowest BCUT2D eigenvalue weighted by Crippen LogP contribution is -2.27. The number of carbonyl (C=O) groups is 2. The van der Waals surface area contributed by atoms with E-state index in [0.29, 0.717) is 50.8 Å². The molecule has 0 saturated carbocycles. The standard InChI is InChI=1S/C21H19Cl2NO5S/c1-27-7-8-29-17-6-3-13(9-18(17)28-2)10-19-20(25)24(21(26)30-19)12-14-4-5-15(22)11-16(14)23/h3-6,9-11H,7-8,12H2,1-2H3/b19-10-. The Bertz CT molecular complexity index is 995. The lowest BCUT2D eigenvalue weighted by atomic mass is 10.1. The van der Waals surface area contributed by atoms with E-state index >= 15 is 0 Å². The molecule has 0 bridgehead atoms. The zero-order valence-electron chi connectivity index (χ0n) is 16.3. The van der Waals surface area contributed by atoms with Crippen molar-refractivity contribution in [3.05, 3.63) is 62.5 Å². The van der Waals surface area contributed by atoms with E-state index in [4.69, 9.17) is 37.4 Å². The van der Waals surface area contributed by atoms with Crippen molar-refractivity contribution in [2.24, 2.45) is 0 Å². The van der Waals surface area contributed by atoms with E-state index in [2.05, 4.69) is 0 Å². The molecule has 0 N–H and O–H groups in total. The highest BCUT2D eigenvalue weighted by Gasteiger charge is 2.35. The maximum Gasteiger partial charge on any atom is 0.293 e. The Morgan fingerprint density at radius 1 is 1.03 bits per heavy atom. The van der Waals surface area contributed by atoms with Gasteiger partial charge in [0, 0.05) is 17.2 Å². The molecule has 1 heterocycles. The van der Waals surface area contributed by atoms with Gasteiger partial charge in [-0.15, -0.1) is 0 Å². The van der Waals surface area contributed by atoms with Gasteiger partial charge in [0.25, 0.3) is 11.1 Å². The monoisotopic (exact) mass is 467 g/mol. The van der Waals surface area contributed by atoms with Crippen LogP contribution in [-0.4, -0.2) is 43.5 Å². The van der Waals surface area contributed by atoms with E-state index in [1.165, 1.54) is 7.11 Å². The molecule has 6 nitrogen and oxygen atoms in total. The lowest BCUT2D eigenvalue weighted by Gasteiger charge is -2.13. The van der Waals surface area contributed by atoms with Gasteiger partial charge in [-0.1, -0.05) is 35.3 Å². The van der Waals surface area contributed by atoms with Gasteiger partial charge >= 0.3 is 0 Å². The van der Waals surface area contributed by atoms with Crippen molar-refractivity contribution in [3.8, 4) is 11.5 Å². The molecule has 2 aromatic carbocycles. The van der Waals surface area contributed by atoms with Gasteiger partial charge in [-0.25, -0.2) is 0 Å². The molecule has 1 aliphatic rings. The molecular formula is C21H19Cl2NO5S. The summed E-state index contributed by atoms with van der Waals surface area (Å²) in [6, 6.07) is 10.2. The summed E-state index contributed by atoms with van der Waals surface area (Å²) < 4.78 is 15.9. The fourth-order valence-electron chi connectivity index (χ4n) is 2.74. The number of hydrogen-bond donors (Lipinski definition) is 0. The van der Waals surface area contributed by atoms with Gasteiger partial charge in [-0.3, -0.25) is 14.5 Å². The number of nitrogens with zero attached hydrogens (tertiary/aromatic N) is 1. The normalized spacial score (nSPS) is 15.2. The van der Waals surface area contributed by atoms with Gasteiger partial charge in [0.15, 0.2) is 11.5 Å². The third-order valence-electron chi connectivity index (χ3n) is 4.25. The molecule has 9 heteroatoms. The molecule has 3 rings (SSSR count). The summed E-state index contributed by atoms with van der Waals surface area (Å²) in [4.78, 5) is 26.6. The van der Waals surface area contributed by atoms with Crippen LogP contribution in [0.5, 0.6) is 11.5 Å². The third-order valence-corrected chi connectivity index (χ3v) is 5.74. The molecule has 0 radical (unpaired) electrons. The second kappa shape index (κ2) is 10.2. The number of hydrogen-bond acceptors (Lipinski definition) is 6. The maximum atomic E-state index is 12.8. The zero-order chi connectivity index (χ0) is 21.7. The maximum absolute atomic E-state index is 12.8. The Labute approximate surface area is 188 Å². The van der Waals surface area contributed by atoms with E-state index in [0.717, 1.165) is 16.7 Å². The minimum absolute atomic E-state index is 0.0770. The van der Waals surface area contributed by atoms with Crippen molar-refractivity contribution in [2.75, 3.05) is 27.4 Å². The number of amides is 2. The second-order valence-corrected chi connectivity index (χ2v) is 8.09. The summed E-state index contributed by atoms with van der Waals surface area (Å²) in [7, 11) is 3.13. The van der Waals surface area contributed by atoms with Crippen molar-refractivity contribution in [1.82, 2.24) is 4.90 Å². The fourth-order valence-corrected chi connectivity index (χ4v) is 4.04.